The summed E-state index contributed by atoms with van der Waals surface area (Å²) < 4.78 is 0. The highest BCUT2D eigenvalue weighted by atomic mass is 16.3. The number of carbonyl (C=O) groups excluding carboxylic acids is 3. The molecule has 0 unspecified atom stereocenters. The van der Waals surface area contributed by atoms with Gasteiger partial charge in [0, 0.05) is 43.1 Å². The summed E-state index contributed by atoms with van der Waals surface area (Å²) in [6.07, 6.45) is 4.45. The minimum atomic E-state index is -1.94. The van der Waals surface area contributed by atoms with Gasteiger partial charge >= 0.3 is 0 Å². The number of rotatable bonds is 11. The summed E-state index contributed by atoms with van der Waals surface area (Å²) in [6, 6.07) is 32.4. The van der Waals surface area contributed by atoms with Crippen LogP contribution in [0.4, 0.5) is 17.1 Å². The molecule has 8 heteroatoms. The number of benzene rings is 4. The number of para-hydroxylation sites is 1. The number of amides is 3. The van der Waals surface area contributed by atoms with Crippen LogP contribution < -0.4 is 9.80 Å². The van der Waals surface area contributed by atoms with Crippen LogP contribution in [0.2, 0.25) is 0 Å². The molecule has 6 rings (SSSR count). The second kappa shape index (κ2) is 13.7. The van der Waals surface area contributed by atoms with E-state index in [9.17, 15) is 24.6 Å². The van der Waals surface area contributed by atoms with Crippen molar-refractivity contribution in [3.63, 3.8) is 0 Å². The largest absolute Gasteiger partial charge is 0.395 e. The monoisotopic (exact) mass is 629 g/mol. The SMILES string of the molecule is C[C@H](/C=C/CC(=O)N(CCO)Cc1ccccc1)[C@@]1(O)C(=O)N(Cc2ccccc2)c2ccc(N3C(=O)CCc4ccccc43)cc21. The second-order valence-corrected chi connectivity index (χ2v) is 12.1. The Labute approximate surface area is 275 Å². The van der Waals surface area contributed by atoms with Gasteiger partial charge in [0.25, 0.3) is 5.91 Å². The summed E-state index contributed by atoms with van der Waals surface area (Å²) in [4.78, 5) is 45.5. The first-order valence-electron chi connectivity index (χ1n) is 16.0. The number of nitrogens with zero attached hydrogens (tertiary/aromatic N) is 3. The van der Waals surface area contributed by atoms with Gasteiger partial charge in [0.15, 0.2) is 5.60 Å². The van der Waals surface area contributed by atoms with Crippen LogP contribution in [0.25, 0.3) is 0 Å². The molecule has 2 aliphatic rings. The van der Waals surface area contributed by atoms with Gasteiger partial charge in [0.1, 0.15) is 0 Å². The first-order chi connectivity index (χ1) is 22.8. The summed E-state index contributed by atoms with van der Waals surface area (Å²) in [5.74, 6) is -1.39. The van der Waals surface area contributed by atoms with E-state index >= 15 is 0 Å². The van der Waals surface area contributed by atoms with E-state index in [1.807, 2.05) is 97.1 Å². The number of hydrogen-bond donors (Lipinski definition) is 2. The molecule has 0 fully saturated rings. The van der Waals surface area contributed by atoms with E-state index in [0.29, 0.717) is 36.3 Å². The third-order valence-electron chi connectivity index (χ3n) is 9.10. The van der Waals surface area contributed by atoms with E-state index in [-0.39, 0.29) is 37.9 Å². The van der Waals surface area contributed by atoms with Gasteiger partial charge in [-0.15, -0.1) is 0 Å². The summed E-state index contributed by atoms with van der Waals surface area (Å²) in [5, 5.41) is 22.0. The van der Waals surface area contributed by atoms with Crippen LogP contribution in [0.5, 0.6) is 0 Å². The quantitative estimate of drug-likeness (QED) is 0.209. The lowest BCUT2D eigenvalue weighted by Gasteiger charge is -2.31. The zero-order valence-electron chi connectivity index (χ0n) is 26.5. The average molecular weight is 630 g/mol. The number of aliphatic hydroxyl groups is 2. The first kappa shape index (κ1) is 31.9. The van der Waals surface area contributed by atoms with Crippen molar-refractivity contribution in [3.8, 4) is 0 Å². The van der Waals surface area contributed by atoms with Gasteiger partial charge in [-0.1, -0.05) is 97.9 Å². The lowest BCUT2D eigenvalue weighted by molar-refractivity contribution is -0.139. The van der Waals surface area contributed by atoms with Gasteiger partial charge in [-0.2, -0.15) is 0 Å². The highest BCUT2D eigenvalue weighted by Gasteiger charge is 2.53. The van der Waals surface area contributed by atoms with Gasteiger partial charge in [-0.25, -0.2) is 0 Å². The molecule has 0 saturated carbocycles. The molecule has 47 heavy (non-hydrogen) atoms. The summed E-state index contributed by atoms with van der Waals surface area (Å²) in [7, 11) is 0. The maximum atomic E-state index is 14.2. The van der Waals surface area contributed by atoms with Crippen LogP contribution in [0.3, 0.4) is 0 Å². The number of aryl methyl sites for hydroxylation is 1. The molecule has 0 spiro atoms. The normalized spacial score (nSPS) is 17.9. The van der Waals surface area contributed by atoms with Gasteiger partial charge < -0.3 is 20.0 Å². The standard InChI is InChI=1S/C39H39N3O5/c1-28(11-10-18-36(44)40(23-24-43)26-29-12-4-2-5-13-29)39(47)33-25-32(42-34-17-9-8-16-31(34)19-22-37(42)45)20-21-35(33)41(38(39)46)27-30-14-6-3-7-15-30/h2-17,20-21,25,28,43,47H,18-19,22-24,26-27H2,1H3/b11-10+/t28-,39+/m1/s1. The Bertz CT molecular complexity index is 1790. The summed E-state index contributed by atoms with van der Waals surface area (Å²) >= 11 is 0. The van der Waals surface area contributed by atoms with E-state index in [4.69, 9.17) is 0 Å². The van der Waals surface area contributed by atoms with Gasteiger partial charge in [0.05, 0.1) is 24.5 Å². The Hall–Kier alpha value is -5.05. The molecule has 0 radical (unpaired) electrons. The molecule has 2 heterocycles. The van der Waals surface area contributed by atoms with Gasteiger partial charge in [0.2, 0.25) is 11.8 Å². The number of anilines is 3. The number of hydrogen-bond acceptors (Lipinski definition) is 5. The molecular weight excluding hydrogens is 590 g/mol. The molecule has 0 aromatic heterocycles. The van der Waals surface area contributed by atoms with E-state index in [1.165, 1.54) is 0 Å². The zero-order chi connectivity index (χ0) is 33.0. The van der Waals surface area contributed by atoms with E-state index in [0.717, 1.165) is 22.4 Å². The summed E-state index contributed by atoms with van der Waals surface area (Å²) in [6.45, 7) is 2.44. The zero-order valence-corrected chi connectivity index (χ0v) is 26.5. The molecule has 4 aromatic rings. The van der Waals surface area contributed by atoms with Crippen molar-refractivity contribution >= 4 is 34.8 Å². The van der Waals surface area contributed by atoms with Crippen molar-refractivity contribution < 1.29 is 24.6 Å². The predicted molar refractivity (Wildman–Crippen MR) is 182 cm³/mol. The van der Waals surface area contributed by atoms with Gasteiger partial charge in [-0.3, -0.25) is 19.3 Å². The van der Waals surface area contributed by atoms with Crippen molar-refractivity contribution in [1.29, 1.82) is 0 Å². The smallest absolute Gasteiger partial charge is 0.264 e. The van der Waals surface area contributed by atoms with Crippen LogP contribution in [0.15, 0.2) is 115 Å². The predicted octanol–water partition coefficient (Wildman–Crippen LogP) is 5.64. The molecule has 0 saturated heterocycles. The van der Waals surface area contributed by atoms with Crippen LogP contribution in [0, 0.1) is 5.92 Å². The molecule has 2 atom stereocenters. The molecule has 2 N–H and O–H groups in total. The third-order valence-corrected chi connectivity index (χ3v) is 9.10. The Morgan fingerprint density at radius 1 is 0.894 bits per heavy atom. The molecule has 2 aliphatic heterocycles. The molecule has 0 bridgehead atoms. The Morgan fingerprint density at radius 3 is 2.30 bits per heavy atom. The lowest BCUT2D eigenvalue weighted by atomic mass is 9.82. The third kappa shape index (κ3) is 6.35. The van der Waals surface area contributed by atoms with Crippen LogP contribution in [-0.4, -0.2) is 46.0 Å². The first-order valence-corrected chi connectivity index (χ1v) is 16.0. The average Bonchev–Trinajstić information content (AvgIpc) is 3.30. The fraction of sp³-hybridized carbons (Fsp3) is 0.256. The molecular formula is C39H39N3O5. The number of aliphatic hydroxyl groups excluding tert-OH is 1. The minimum Gasteiger partial charge on any atom is -0.395 e. The maximum Gasteiger partial charge on any atom is 0.264 e. The lowest BCUT2D eigenvalue weighted by Crippen LogP contribution is -2.44. The molecule has 240 valence electrons. The molecule has 4 aromatic carbocycles. The van der Waals surface area contributed by atoms with Gasteiger partial charge in [-0.05, 0) is 47.4 Å². The van der Waals surface area contributed by atoms with E-state index in [1.54, 1.807) is 39.8 Å². The molecule has 0 aliphatic carbocycles. The van der Waals surface area contributed by atoms with Crippen LogP contribution in [0.1, 0.15) is 42.0 Å². The summed E-state index contributed by atoms with van der Waals surface area (Å²) in [5.41, 5.74) is 3.38. The molecule has 8 nitrogen and oxygen atoms in total. The highest BCUT2D eigenvalue weighted by Crippen LogP contribution is 2.48. The van der Waals surface area contributed by atoms with Crippen molar-refractivity contribution in [2.24, 2.45) is 5.92 Å². The fourth-order valence-corrected chi connectivity index (χ4v) is 6.57. The number of carbonyl (C=O) groups is 3. The minimum absolute atomic E-state index is 0.0428. The topological polar surface area (TPSA) is 101 Å². The van der Waals surface area contributed by atoms with Crippen molar-refractivity contribution in [3.05, 3.63) is 138 Å². The fourth-order valence-electron chi connectivity index (χ4n) is 6.57. The van der Waals surface area contributed by atoms with Crippen molar-refractivity contribution in [1.82, 2.24) is 4.90 Å². The van der Waals surface area contributed by atoms with Crippen molar-refractivity contribution in [2.45, 2.75) is 44.9 Å². The van der Waals surface area contributed by atoms with E-state index < -0.39 is 17.4 Å². The van der Waals surface area contributed by atoms with Crippen LogP contribution >= 0.6 is 0 Å². The van der Waals surface area contributed by atoms with Crippen LogP contribution in [-0.2, 0) is 39.5 Å². The maximum absolute atomic E-state index is 14.2. The molecule has 3 amide bonds. The Morgan fingerprint density at radius 2 is 1.57 bits per heavy atom. The highest BCUT2D eigenvalue weighted by molar-refractivity contribution is 6.09. The number of fused-ring (bicyclic) bond motifs is 2. The Kier molecular flexibility index (Phi) is 9.33. The second-order valence-electron chi connectivity index (χ2n) is 12.1. The Balaban J connectivity index is 1.31. The van der Waals surface area contributed by atoms with Crippen molar-refractivity contribution in [2.75, 3.05) is 23.0 Å². The van der Waals surface area contributed by atoms with E-state index in [2.05, 4.69) is 0 Å².